The molecule has 0 atom stereocenters. The summed E-state index contributed by atoms with van der Waals surface area (Å²) in [5.74, 6) is -0.0286. The summed E-state index contributed by atoms with van der Waals surface area (Å²) in [4.78, 5) is 34.4. The van der Waals surface area contributed by atoms with Crippen LogP contribution in [-0.4, -0.2) is 47.9 Å². The molecule has 3 N–H and O–H groups in total. The first kappa shape index (κ1) is 28.3. The fourth-order valence-corrected chi connectivity index (χ4v) is 5.00. The number of pyridine rings is 1. The van der Waals surface area contributed by atoms with Gasteiger partial charge in [-0.15, -0.1) is 0 Å². The molecule has 1 aliphatic rings. The number of carbonyl (C=O) groups excluding carboxylic acids is 2. The summed E-state index contributed by atoms with van der Waals surface area (Å²) in [6, 6.07) is 18.2. The Morgan fingerprint density at radius 1 is 1.03 bits per heavy atom. The van der Waals surface area contributed by atoms with E-state index in [1.54, 1.807) is 24.5 Å². The van der Waals surface area contributed by atoms with Crippen LogP contribution in [0.5, 0.6) is 0 Å². The molecule has 2 heterocycles. The number of nitrogens with zero attached hydrogens (tertiary/aromatic N) is 3. The number of nitrogens with one attached hydrogen (secondary N) is 1. The first-order chi connectivity index (χ1) is 18.7. The van der Waals surface area contributed by atoms with Crippen LogP contribution in [-0.2, 0) is 11.3 Å². The standard InChI is InChI=1S/C32H41N5O2/c1-32(2,3)21-30(38)35-28-20-26(12-13-29(28)36-16-4-5-17-36)25-10-6-9-24(19-25)23-37(18-8-14-33)31(39)27-11-7-15-34-22-27/h6-7,9-13,15,19-20,22H,4-5,8,14,16-18,21,23,33H2,1-3H3,(H,35,38). The molecule has 0 spiro atoms. The zero-order chi connectivity index (χ0) is 27.8. The largest absolute Gasteiger partial charge is 0.370 e. The number of hydrogen-bond acceptors (Lipinski definition) is 5. The van der Waals surface area contributed by atoms with E-state index in [1.165, 1.54) is 0 Å². The van der Waals surface area contributed by atoms with E-state index >= 15 is 0 Å². The molecule has 39 heavy (non-hydrogen) atoms. The quantitative estimate of drug-likeness (QED) is 0.352. The highest BCUT2D eigenvalue weighted by molar-refractivity contribution is 5.96. The van der Waals surface area contributed by atoms with Gasteiger partial charge < -0.3 is 20.9 Å². The van der Waals surface area contributed by atoms with E-state index in [1.807, 2.05) is 17.0 Å². The van der Waals surface area contributed by atoms with Gasteiger partial charge in [-0.1, -0.05) is 45.0 Å². The van der Waals surface area contributed by atoms with Crippen molar-refractivity contribution in [3.63, 3.8) is 0 Å². The van der Waals surface area contributed by atoms with Crippen LogP contribution in [0, 0.1) is 5.41 Å². The van der Waals surface area contributed by atoms with Gasteiger partial charge in [-0.2, -0.15) is 0 Å². The number of amides is 2. The highest BCUT2D eigenvalue weighted by atomic mass is 16.2. The van der Waals surface area contributed by atoms with Gasteiger partial charge in [-0.3, -0.25) is 14.6 Å². The summed E-state index contributed by atoms with van der Waals surface area (Å²) in [6.07, 6.45) is 6.77. The number of nitrogens with two attached hydrogens (primary N) is 1. The van der Waals surface area contributed by atoms with Crippen molar-refractivity contribution in [2.75, 3.05) is 36.4 Å². The lowest BCUT2D eigenvalue weighted by Crippen LogP contribution is -2.32. The van der Waals surface area contributed by atoms with Crippen LogP contribution in [0.3, 0.4) is 0 Å². The molecule has 0 radical (unpaired) electrons. The monoisotopic (exact) mass is 527 g/mol. The minimum absolute atomic E-state index is 0.0262. The zero-order valence-electron chi connectivity index (χ0n) is 23.5. The molecule has 3 aromatic rings. The van der Waals surface area contributed by atoms with Crippen molar-refractivity contribution in [3.05, 3.63) is 78.1 Å². The van der Waals surface area contributed by atoms with E-state index in [0.29, 0.717) is 31.6 Å². The maximum Gasteiger partial charge on any atom is 0.255 e. The highest BCUT2D eigenvalue weighted by Gasteiger charge is 2.21. The molecule has 1 fully saturated rings. The summed E-state index contributed by atoms with van der Waals surface area (Å²) in [6.45, 7) is 9.79. The lowest BCUT2D eigenvalue weighted by molar-refractivity contribution is -0.117. The first-order valence-corrected chi connectivity index (χ1v) is 13.9. The van der Waals surface area contributed by atoms with Crippen LogP contribution >= 0.6 is 0 Å². The van der Waals surface area contributed by atoms with Gasteiger partial charge in [0.25, 0.3) is 5.91 Å². The summed E-state index contributed by atoms with van der Waals surface area (Å²) < 4.78 is 0. The maximum atomic E-state index is 13.2. The Bertz CT molecular complexity index is 1260. The second kappa shape index (κ2) is 12.9. The van der Waals surface area contributed by atoms with E-state index in [-0.39, 0.29) is 17.2 Å². The van der Waals surface area contributed by atoms with Crippen molar-refractivity contribution in [3.8, 4) is 11.1 Å². The number of carbonyl (C=O) groups is 2. The molecule has 4 rings (SSSR count). The number of benzene rings is 2. The molecular weight excluding hydrogens is 486 g/mol. The minimum Gasteiger partial charge on any atom is -0.370 e. The molecule has 7 nitrogen and oxygen atoms in total. The molecule has 0 unspecified atom stereocenters. The molecule has 2 amide bonds. The SMILES string of the molecule is CC(C)(C)CC(=O)Nc1cc(-c2cccc(CN(CCCN)C(=O)c3cccnc3)c2)ccc1N1CCCC1. The van der Waals surface area contributed by atoms with Crippen molar-refractivity contribution >= 4 is 23.2 Å². The van der Waals surface area contributed by atoms with E-state index < -0.39 is 0 Å². The Morgan fingerprint density at radius 2 is 1.79 bits per heavy atom. The topological polar surface area (TPSA) is 91.6 Å². The van der Waals surface area contributed by atoms with Gasteiger partial charge >= 0.3 is 0 Å². The number of aromatic nitrogens is 1. The molecule has 1 aromatic heterocycles. The highest BCUT2D eigenvalue weighted by Crippen LogP contribution is 2.34. The molecular formula is C32H41N5O2. The molecule has 0 saturated carbocycles. The van der Waals surface area contributed by atoms with Crippen LogP contribution in [0.2, 0.25) is 0 Å². The normalized spacial score (nSPS) is 13.4. The van der Waals surface area contributed by atoms with Crippen LogP contribution in [0.1, 0.15) is 62.4 Å². The second-order valence-corrected chi connectivity index (χ2v) is 11.5. The fraction of sp³-hybridized carbons (Fsp3) is 0.406. The van der Waals surface area contributed by atoms with Crippen LogP contribution < -0.4 is 16.0 Å². The van der Waals surface area contributed by atoms with Gasteiger partial charge in [0.2, 0.25) is 5.91 Å². The van der Waals surface area contributed by atoms with E-state index in [2.05, 4.69) is 66.3 Å². The number of hydrogen-bond donors (Lipinski definition) is 2. The van der Waals surface area contributed by atoms with Crippen molar-refractivity contribution in [1.82, 2.24) is 9.88 Å². The lowest BCUT2D eigenvalue weighted by atomic mass is 9.92. The predicted molar refractivity (Wildman–Crippen MR) is 159 cm³/mol. The Morgan fingerprint density at radius 3 is 2.49 bits per heavy atom. The zero-order valence-corrected chi connectivity index (χ0v) is 23.5. The molecule has 2 aromatic carbocycles. The number of anilines is 2. The Hall–Kier alpha value is -3.71. The van der Waals surface area contributed by atoms with Gasteiger partial charge in [-0.25, -0.2) is 0 Å². The van der Waals surface area contributed by atoms with Crippen LogP contribution in [0.15, 0.2) is 67.0 Å². The molecule has 1 aliphatic heterocycles. The van der Waals surface area contributed by atoms with Crippen molar-refractivity contribution in [2.24, 2.45) is 11.1 Å². The van der Waals surface area contributed by atoms with Gasteiger partial charge in [0.05, 0.1) is 16.9 Å². The maximum absolute atomic E-state index is 13.2. The van der Waals surface area contributed by atoms with Crippen molar-refractivity contribution in [2.45, 2.75) is 53.0 Å². The fourth-order valence-electron chi connectivity index (χ4n) is 5.00. The van der Waals surface area contributed by atoms with Crippen LogP contribution in [0.25, 0.3) is 11.1 Å². The minimum atomic E-state index is -0.0904. The smallest absolute Gasteiger partial charge is 0.255 e. The molecule has 1 saturated heterocycles. The average molecular weight is 528 g/mol. The summed E-state index contributed by atoms with van der Waals surface area (Å²) in [7, 11) is 0. The van der Waals surface area contributed by atoms with Gasteiger partial charge in [0.1, 0.15) is 0 Å². The van der Waals surface area contributed by atoms with E-state index in [4.69, 9.17) is 5.73 Å². The Balaban J connectivity index is 1.60. The van der Waals surface area contributed by atoms with Crippen molar-refractivity contribution < 1.29 is 9.59 Å². The van der Waals surface area contributed by atoms with Crippen LogP contribution in [0.4, 0.5) is 11.4 Å². The number of rotatable bonds is 10. The third-order valence-corrected chi connectivity index (χ3v) is 6.87. The lowest BCUT2D eigenvalue weighted by Gasteiger charge is -2.24. The Kier molecular flexibility index (Phi) is 9.36. The molecule has 0 bridgehead atoms. The van der Waals surface area contributed by atoms with Gasteiger partial charge in [0, 0.05) is 45.0 Å². The average Bonchev–Trinajstić information content (AvgIpc) is 3.45. The second-order valence-electron chi connectivity index (χ2n) is 11.5. The van der Waals surface area contributed by atoms with Gasteiger partial charge in [-0.05, 0) is 78.2 Å². The van der Waals surface area contributed by atoms with Gasteiger partial charge in [0.15, 0.2) is 0 Å². The summed E-state index contributed by atoms with van der Waals surface area (Å²) >= 11 is 0. The van der Waals surface area contributed by atoms with Crippen molar-refractivity contribution in [1.29, 1.82) is 0 Å². The summed E-state index contributed by atoms with van der Waals surface area (Å²) in [5.41, 5.74) is 11.3. The summed E-state index contributed by atoms with van der Waals surface area (Å²) in [5, 5.41) is 3.21. The predicted octanol–water partition coefficient (Wildman–Crippen LogP) is 5.71. The van der Waals surface area contributed by atoms with E-state index in [9.17, 15) is 9.59 Å². The third kappa shape index (κ3) is 7.90. The third-order valence-electron chi connectivity index (χ3n) is 6.87. The first-order valence-electron chi connectivity index (χ1n) is 13.9. The van der Waals surface area contributed by atoms with E-state index in [0.717, 1.165) is 60.4 Å². The molecule has 206 valence electrons. The molecule has 7 heteroatoms. The Labute approximate surface area is 232 Å². The molecule has 0 aliphatic carbocycles.